The Labute approximate surface area is 108 Å². The number of halogens is 4. The maximum atomic E-state index is 13.6. The molecule has 0 bridgehead atoms. The number of benzene rings is 1. The number of alkyl halides is 3. The van der Waals surface area contributed by atoms with Gasteiger partial charge in [-0.2, -0.15) is 0 Å². The van der Waals surface area contributed by atoms with Crippen LogP contribution >= 0.6 is 11.6 Å². The lowest BCUT2D eigenvalue weighted by Gasteiger charge is -2.21. The van der Waals surface area contributed by atoms with Crippen molar-refractivity contribution in [3.63, 3.8) is 0 Å². The maximum Gasteiger partial charge on any atom is 0.257 e. The summed E-state index contributed by atoms with van der Waals surface area (Å²) in [5.74, 6) is -1.46. The lowest BCUT2D eigenvalue weighted by atomic mass is 10.1. The van der Waals surface area contributed by atoms with Crippen LogP contribution in [0.1, 0.15) is 15.9 Å². The monoisotopic (exact) mass is 279 g/mol. The highest BCUT2D eigenvalue weighted by Crippen LogP contribution is 2.13. The molecule has 0 radical (unpaired) electrons. The number of rotatable bonds is 5. The summed E-state index contributed by atoms with van der Waals surface area (Å²) in [6, 6.07) is 4.03. The van der Waals surface area contributed by atoms with Gasteiger partial charge in [0, 0.05) is 12.4 Å². The minimum atomic E-state index is -2.68. The molecule has 0 unspecified atom stereocenters. The topological polar surface area (TPSA) is 20.3 Å². The summed E-state index contributed by atoms with van der Waals surface area (Å²) in [6.45, 7) is 0.879. The highest BCUT2D eigenvalue weighted by molar-refractivity contribution is 6.18. The first-order valence-corrected chi connectivity index (χ1v) is 5.88. The van der Waals surface area contributed by atoms with E-state index < -0.39 is 24.7 Å². The average Bonchev–Trinajstić information content (AvgIpc) is 2.27. The SMILES string of the molecule is Cc1ccc(C(=O)N(CCCl)CC(F)F)c(F)c1. The Hall–Kier alpha value is -1.23. The fourth-order valence-electron chi connectivity index (χ4n) is 1.51. The van der Waals surface area contributed by atoms with E-state index in [1.807, 2.05) is 0 Å². The fraction of sp³-hybridized carbons (Fsp3) is 0.417. The molecule has 1 amide bonds. The highest BCUT2D eigenvalue weighted by atomic mass is 35.5. The van der Waals surface area contributed by atoms with Gasteiger partial charge >= 0.3 is 0 Å². The molecule has 0 aromatic heterocycles. The Balaban J connectivity index is 2.94. The number of hydrogen-bond donors (Lipinski definition) is 0. The van der Waals surface area contributed by atoms with Crippen molar-refractivity contribution in [3.8, 4) is 0 Å². The van der Waals surface area contributed by atoms with E-state index in [1.54, 1.807) is 13.0 Å². The molecule has 0 spiro atoms. The van der Waals surface area contributed by atoms with Gasteiger partial charge in [0.25, 0.3) is 12.3 Å². The van der Waals surface area contributed by atoms with Crippen molar-refractivity contribution in [1.82, 2.24) is 4.90 Å². The van der Waals surface area contributed by atoms with Crippen LogP contribution in [0, 0.1) is 12.7 Å². The molecule has 1 aromatic carbocycles. The molecule has 1 rings (SSSR count). The van der Waals surface area contributed by atoms with Crippen molar-refractivity contribution in [3.05, 3.63) is 35.1 Å². The Kier molecular flexibility index (Phi) is 5.47. The molecule has 100 valence electrons. The molecule has 6 heteroatoms. The minimum Gasteiger partial charge on any atom is -0.332 e. The van der Waals surface area contributed by atoms with Crippen molar-refractivity contribution < 1.29 is 18.0 Å². The lowest BCUT2D eigenvalue weighted by Crippen LogP contribution is -2.37. The van der Waals surface area contributed by atoms with Crippen LogP contribution in [0.4, 0.5) is 13.2 Å². The third-order valence-electron chi connectivity index (χ3n) is 2.36. The summed E-state index contributed by atoms with van der Waals surface area (Å²) in [5.41, 5.74) is 0.438. The summed E-state index contributed by atoms with van der Waals surface area (Å²) in [5, 5.41) is 0. The number of nitrogens with zero attached hydrogens (tertiary/aromatic N) is 1. The molecule has 1 aromatic rings. The number of carbonyl (C=O) groups is 1. The van der Waals surface area contributed by atoms with Crippen LogP contribution in [0.5, 0.6) is 0 Å². The first-order valence-electron chi connectivity index (χ1n) is 5.35. The number of hydrogen-bond acceptors (Lipinski definition) is 1. The number of carbonyl (C=O) groups excluding carboxylic acids is 1. The molecule has 0 aliphatic rings. The van der Waals surface area contributed by atoms with E-state index in [2.05, 4.69) is 0 Å². The molecule has 18 heavy (non-hydrogen) atoms. The first-order chi connectivity index (χ1) is 8.45. The smallest absolute Gasteiger partial charge is 0.257 e. The normalized spacial score (nSPS) is 10.8. The van der Waals surface area contributed by atoms with Crippen molar-refractivity contribution in [2.45, 2.75) is 13.3 Å². The Morgan fingerprint density at radius 3 is 2.61 bits per heavy atom. The second kappa shape index (κ2) is 6.64. The van der Waals surface area contributed by atoms with Crippen LogP contribution in [-0.4, -0.2) is 36.2 Å². The lowest BCUT2D eigenvalue weighted by molar-refractivity contribution is 0.0567. The van der Waals surface area contributed by atoms with Crippen molar-refractivity contribution in [1.29, 1.82) is 0 Å². The standard InChI is InChI=1S/C12H13ClF3NO/c1-8-2-3-9(10(14)6-8)12(18)17(5-4-13)7-11(15)16/h2-3,6,11H,4-5,7H2,1H3. The fourth-order valence-corrected chi connectivity index (χ4v) is 1.71. The quantitative estimate of drug-likeness (QED) is 0.759. The third kappa shape index (κ3) is 3.91. The summed E-state index contributed by atoms with van der Waals surface area (Å²) >= 11 is 5.44. The van der Waals surface area contributed by atoms with Gasteiger partial charge in [-0.3, -0.25) is 4.79 Å². The molecule has 0 atom stereocenters. The molecule has 0 saturated carbocycles. The molecule has 0 fully saturated rings. The van der Waals surface area contributed by atoms with E-state index in [4.69, 9.17) is 11.6 Å². The average molecular weight is 280 g/mol. The zero-order chi connectivity index (χ0) is 13.7. The Morgan fingerprint density at radius 1 is 1.44 bits per heavy atom. The summed E-state index contributed by atoms with van der Waals surface area (Å²) in [6.07, 6.45) is -2.68. The largest absolute Gasteiger partial charge is 0.332 e. The summed E-state index contributed by atoms with van der Waals surface area (Å²) in [7, 11) is 0. The zero-order valence-electron chi connectivity index (χ0n) is 9.80. The van der Waals surface area contributed by atoms with Crippen LogP contribution < -0.4 is 0 Å². The molecular weight excluding hydrogens is 267 g/mol. The number of amides is 1. The van der Waals surface area contributed by atoms with Gasteiger partial charge in [0.1, 0.15) is 5.82 Å². The van der Waals surface area contributed by atoms with E-state index in [-0.39, 0.29) is 18.0 Å². The van der Waals surface area contributed by atoms with E-state index in [1.165, 1.54) is 12.1 Å². The van der Waals surface area contributed by atoms with Gasteiger partial charge in [-0.25, -0.2) is 13.2 Å². The van der Waals surface area contributed by atoms with Gasteiger partial charge in [0.05, 0.1) is 12.1 Å². The maximum absolute atomic E-state index is 13.6. The van der Waals surface area contributed by atoms with E-state index in [0.29, 0.717) is 5.56 Å². The third-order valence-corrected chi connectivity index (χ3v) is 2.52. The second-order valence-electron chi connectivity index (χ2n) is 3.81. The second-order valence-corrected chi connectivity index (χ2v) is 4.19. The van der Waals surface area contributed by atoms with Crippen LogP contribution in [0.3, 0.4) is 0 Å². The predicted octanol–water partition coefficient (Wildman–Crippen LogP) is 3.08. The van der Waals surface area contributed by atoms with Gasteiger partial charge < -0.3 is 4.90 Å². The molecule has 0 heterocycles. The Morgan fingerprint density at radius 2 is 2.11 bits per heavy atom. The van der Waals surface area contributed by atoms with Crippen molar-refractivity contribution in [2.75, 3.05) is 19.0 Å². The molecule has 0 saturated heterocycles. The number of aryl methyl sites for hydroxylation is 1. The van der Waals surface area contributed by atoms with Gasteiger partial charge in [-0.1, -0.05) is 6.07 Å². The minimum absolute atomic E-state index is 0.0198. The first kappa shape index (κ1) is 14.8. The highest BCUT2D eigenvalue weighted by Gasteiger charge is 2.21. The predicted molar refractivity (Wildman–Crippen MR) is 63.8 cm³/mol. The summed E-state index contributed by atoms with van der Waals surface area (Å²) in [4.78, 5) is 12.7. The molecule has 0 N–H and O–H groups in total. The van der Waals surface area contributed by atoms with Gasteiger partial charge in [0.2, 0.25) is 0 Å². The van der Waals surface area contributed by atoms with Gasteiger partial charge in [-0.05, 0) is 24.6 Å². The molecule has 0 aliphatic heterocycles. The Bertz CT molecular complexity index is 426. The van der Waals surface area contributed by atoms with Crippen molar-refractivity contribution >= 4 is 17.5 Å². The van der Waals surface area contributed by atoms with E-state index in [9.17, 15) is 18.0 Å². The van der Waals surface area contributed by atoms with Crippen LogP contribution in [0.25, 0.3) is 0 Å². The van der Waals surface area contributed by atoms with E-state index in [0.717, 1.165) is 4.90 Å². The molecule has 0 aliphatic carbocycles. The summed E-state index contributed by atoms with van der Waals surface area (Å²) < 4.78 is 38.2. The zero-order valence-corrected chi connectivity index (χ0v) is 10.6. The molecular formula is C12H13ClF3NO. The molecule has 2 nitrogen and oxygen atoms in total. The van der Waals surface area contributed by atoms with Crippen LogP contribution in [-0.2, 0) is 0 Å². The van der Waals surface area contributed by atoms with Crippen molar-refractivity contribution in [2.24, 2.45) is 0 Å². The van der Waals surface area contributed by atoms with Crippen LogP contribution in [0.15, 0.2) is 18.2 Å². The van der Waals surface area contributed by atoms with Gasteiger partial charge in [0.15, 0.2) is 0 Å². The van der Waals surface area contributed by atoms with Crippen LogP contribution in [0.2, 0.25) is 0 Å². The van der Waals surface area contributed by atoms with Gasteiger partial charge in [-0.15, -0.1) is 11.6 Å². The van der Waals surface area contributed by atoms with E-state index >= 15 is 0 Å².